The van der Waals surface area contributed by atoms with Crippen LogP contribution in [-0.4, -0.2) is 22.3 Å². The molecule has 0 aliphatic rings. The number of rotatable bonds is 5. The Kier molecular flexibility index (Phi) is 5.05. The average Bonchev–Trinajstić information content (AvgIpc) is 2.52. The van der Waals surface area contributed by atoms with Gasteiger partial charge in [-0.3, -0.25) is 14.9 Å². The fourth-order valence-corrected chi connectivity index (χ4v) is 2.30. The molecule has 0 spiro atoms. The van der Waals surface area contributed by atoms with Gasteiger partial charge in [-0.15, -0.1) is 0 Å². The summed E-state index contributed by atoms with van der Waals surface area (Å²) in [5.74, 6) is -0.683. The van der Waals surface area contributed by atoms with Crippen LogP contribution in [0.25, 0.3) is 0 Å². The van der Waals surface area contributed by atoms with Crippen LogP contribution in [-0.2, 0) is 6.54 Å². The Balaban J connectivity index is 2.26. The first-order chi connectivity index (χ1) is 10.9. The zero-order valence-electron chi connectivity index (χ0n) is 13.0. The Morgan fingerprint density at radius 2 is 2.00 bits per heavy atom. The molecule has 0 radical (unpaired) electrons. The molecule has 0 aromatic heterocycles. The lowest BCUT2D eigenvalue weighted by Crippen LogP contribution is -2.30. The van der Waals surface area contributed by atoms with Crippen LogP contribution in [0.4, 0.5) is 10.1 Å². The van der Waals surface area contributed by atoms with E-state index in [0.29, 0.717) is 17.7 Å². The number of carbonyl (C=O) groups excluding carboxylic acids is 1. The lowest BCUT2D eigenvalue weighted by Gasteiger charge is -2.21. The zero-order valence-corrected chi connectivity index (χ0v) is 13.0. The van der Waals surface area contributed by atoms with Crippen molar-refractivity contribution >= 4 is 11.6 Å². The highest BCUT2D eigenvalue weighted by molar-refractivity contribution is 5.95. The predicted molar refractivity (Wildman–Crippen MR) is 84.6 cm³/mol. The van der Waals surface area contributed by atoms with E-state index in [2.05, 4.69) is 0 Å². The molecule has 1 amide bonds. The molecule has 0 aliphatic carbocycles. The van der Waals surface area contributed by atoms with Gasteiger partial charge in [-0.25, -0.2) is 4.39 Å². The molecule has 0 aliphatic heterocycles. The molecule has 0 atom stereocenters. The molecule has 0 fully saturated rings. The van der Waals surface area contributed by atoms with E-state index >= 15 is 0 Å². The highest BCUT2D eigenvalue weighted by Crippen LogP contribution is 2.21. The van der Waals surface area contributed by atoms with Gasteiger partial charge in [0.2, 0.25) is 0 Å². The van der Waals surface area contributed by atoms with E-state index < -0.39 is 4.92 Å². The molecule has 120 valence electrons. The first-order valence-corrected chi connectivity index (χ1v) is 7.21. The van der Waals surface area contributed by atoms with Crippen LogP contribution >= 0.6 is 0 Å². The minimum absolute atomic E-state index is 0.0855. The van der Waals surface area contributed by atoms with Gasteiger partial charge in [0.15, 0.2) is 0 Å². The lowest BCUT2D eigenvalue weighted by molar-refractivity contribution is -0.385. The second-order valence-electron chi connectivity index (χ2n) is 5.21. The molecule has 0 heterocycles. The van der Waals surface area contributed by atoms with Crippen molar-refractivity contribution in [1.29, 1.82) is 0 Å². The largest absolute Gasteiger partial charge is 0.335 e. The molecule has 2 aromatic carbocycles. The standard InChI is InChI=1S/C17H17FN2O3/c1-3-19(11-13-5-4-6-15(18)9-13)17(21)14-8-7-12(2)16(10-14)20(22)23/h4-10H,3,11H2,1-2H3. The molecule has 2 aromatic rings. The van der Waals surface area contributed by atoms with Gasteiger partial charge in [-0.1, -0.05) is 18.2 Å². The number of aryl methyl sites for hydroxylation is 1. The SMILES string of the molecule is CCN(Cc1cccc(F)c1)C(=O)c1ccc(C)c([N+](=O)[O-])c1. The van der Waals surface area contributed by atoms with Crippen molar-refractivity contribution in [1.82, 2.24) is 4.90 Å². The van der Waals surface area contributed by atoms with Crippen LogP contribution in [0.1, 0.15) is 28.4 Å². The van der Waals surface area contributed by atoms with E-state index in [1.165, 1.54) is 23.1 Å². The topological polar surface area (TPSA) is 63.5 Å². The lowest BCUT2D eigenvalue weighted by atomic mass is 10.1. The third-order valence-electron chi connectivity index (χ3n) is 3.58. The second kappa shape index (κ2) is 7.00. The van der Waals surface area contributed by atoms with Gasteiger partial charge < -0.3 is 4.90 Å². The normalized spacial score (nSPS) is 10.4. The van der Waals surface area contributed by atoms with Crippen LogP contribution in [0, 0.1) is 22.9 Å². The van der Waals surface area contributed by atoms with Crippen molar-refractivity contribution in [3.8, 4) is 0 Å². The van der Waals surface area contributed by atoms with E-state index in [-0.39, 0.29) is 29.5 Å². The summed E-state index contributed by atoms with van der Waals surface area (Å²) in [4.78, 5) is 24.6. The quantitative estimate of drug-likeness (QED) is 0.624. The Labute approximate surface area is 133 Å². The maximum Gasteiger partial charge on any atom is 0.273 e. The monoisotopic (exact) mass is 316 g/mol. The Hall–Kier alpha value is -2.76. The molecule has 23 heavy (non-hydrogen) atoms. The molecule has 2 rings (SSSR count). The number of hydrogen-bond acceptors (Lipinski definition) is 3. The van der Waals surface area contributed by atoms with Crippen molar-refractivity contribution < 1.29 is 14.1 Å². The molecule has 5 nitrogen and oxygen atoms in total. The van der Waals surface area contributed by atoms with Crippen molar-refractivity contribution in [2.45, 2.75) is 20.4 Å². The van der Waals surface area contributed by atoms with Crippen molar-refractivity contribution in [3.05, 3.63) is 75.1 Å². The summed E-state index contributed by atoms with van der Waals surface area (Å²) in [6, 6.07) is 10.4. The van der Waals surface area contributed by atoms with Gasteiger partial charge in [0.05, 0.1) is 4.92 Å². The maximum atomic E-state index is 13.3. The van der Waals surface area contributed by atoms with Gasteiger partial charge >= 0.3 is 0 Å². The highest BCUT2D eigenvalue weighted by atomic mass is 19.1. The van der Waals surface area contributed by atoms with Crippen molar-refractivity contribution in [2.24, 2.45) is 0 Å². The van der Waals surface area contributed by atoms with E-state index in [9.17, 15) is 19.3 Å². The van der Waals surface area contributed by atoms with Crippen molar-refractivity contribution in [2.75, 3.05) is 6.54 Å². The van der Waals surface area contributed by atoms with Gasteiger partial charge in [-0.2, -0.15) is 0 Å². The van der Waals surface area contributed by atoms with E-state index in [1.54, 1.807) is 38.1 Å². The minimum Gasteiger partial charge on any atom is -0.335 e. The highest BCUT2D eigenvalue weighted by Gasteiger charge is 2.19. The third kappa shape index (κ3) is 3.91. The van der Waals surface area contributed by atoms with Gasteiger partial charge in [0, 0.05) is 30.3 Å². The average molecular weight is 316 g/mol. The van der Waals surface area contributed by atoms with Gasteiger partial charge in [0.1, 0.15) is 5.82 Å². The summed E-state index contributed by atoms with van der Waals surface area (Å²) in [7, 11) is 0. The number of amides is 1. The molecule has 6 heteroatoms. The van der Waals surface area contributed by atoms with Crippen molar-refractivity contribution in [3.63, 3.8) is 0 Å². The number of carbonyl (C=O) groups is 1. The Morgan fingerprint density at radius 1 is 1.26 bits per heavy atom. The second-order valence-corrected chi connectivity index (χ2v) is 5.21. The zero-order chi connectivity index (χ0) is 17.0. The van der Waals surface area contributed by atoms with E-state index in [1.807, 2.05) is 0 Å². The Bertz CT molecular complexity index is 746. The number of halogens is 1. The van der Waals surface area contributed by atoms with Gasteiger partial charge in [0.25, 0.3) is 11.6 Å². The third-order valence-corrected chi connectivity index (χ3v) is 3.58. The number of nitro benzene ring substituents is 1. The molecular weight excluding hydrogens is 299 g/mol. The number of nitrogens with zero attached hydrogens (tertiary/aromatic N) is 2. The summed E-state index contributed by atoms with van der Waals surface area (Å²) < 4.78 is 13.3. The molecular formula is C17H17FN2O3. The summed E-state index contributed by atoms with van der Waals surface area (Å²) in [6.07, 6.45) is 0. The molecule has 0 saturated heterocycles. The van der Waals surface area contributed by atoms with Crippen LogP contribution in [0.15, 0.2) is 42.5 Å². The fraction of sp³-hybridized carbons (Fsp3) is 0.235. The minimum atomic E-state index is -0.505. The number of benzene rings is 2. The smallest absolute Gasteiger partial charge is 0.273 e. The van der Waals surface area contributed by atoms with Crippen LogP contribution in [0.2, 0.25) is 0 Å². The first kappa shape index (κ1) is 16.6. The first-order valence-electron chi connectivity index (χ1n) is 7.21. The van der Waals surface area contributed by atoms with Crippen LogP contribution < -0.4 is 0 Å². The summed E-state index contributed by atoms with van der Waals surface area (Å²) in [6.45, 7) is 4.09. The summed E-state index contributed by atoms with van der Waals surface area (Å²) in [5, 5.41) is 11.0. The fourth-order valence-electron chi connectivity index (χ4n) is 2.30. The number of nitro groups is 1. The maximum absolute atomic E-state index is 13.3. The summed E-state index contributed by atoms with van der Waals surface area (Å²) in [5.41, 5.74) is 1.33. The molecule has 0 unspecified atom stereocenters. The number of hydrogen-bond donors (Lipinski definition) is 0. The predicted octanol–water partition coefficient (Wildman–Crippen LogP) is 3.70. The molecule has 0 bridgehead atoms. The Morgan fingerprint density at radius 3 is 2.61 bits per heavy atom. The van der Waals surface area contributed by atoms with E-state index in [0.717, 1.165) is 0 Å². The molecule has 0 N–H and O–H groups in total. The molecule has 0 saturated carbocycles. The van der Waals surface area contributed by atoms with Crippen LogP contribution in [0.5, 0.6) is 0 Å². The van der Waals surface area contributed by atoms with Gasteiger partial charge in [-0.05, 0) is 37.6 Å². The summed E-state index contributed by atoms with van der Waals surface area (Å²) >= 11 is 0. The van der Waals surface area contributed by atoms with E-state index in [4.69, 9.17) is 0 Å². The van der Waals surface area contributed by atoms with Crippen LogP contribution in [0.3, 0.4) is 0 Å².